The molecule has 0 bridgehead atoms. The fourth-order valence-electron chi connectivity index (χ4n) is 3.07. The first-order valence-corrected chi connectivity index (χ1v) is 9.30. The highest BCUT2D eigenvalue weighted by atomic mass is 127. The highest BCUT2D eigenvalue weighted by Gasteiger charge is 2.24. The summed E-state index contributed by atoms with van der Waals surface area (Å²) >= 11 is 0. The average Bonchev–Trinajstić information content (AvgIpc) is 3.47. The molecular weight excluding hydrogens is 443 g/mol. The van der Waals surface area contributed by atoms with E-state index in [1.54, 1.807) is 7.11 Å². The zero-order chi connectivity index (χ0) is 17.5. The quantitative estimate of drug-likeness (QED) is 0.361. The Morgan fingerprint density at radius 2 is 1.96 bits per heavy atom. The predicted molar refractivity (Wildman–Crippen MR) is 116 cm³/mol. The number of hydrogen-bond acceptors (Lipinski definition) is 4. The first kappa shape index (κ1) is 21.2. The van der Waals surface area contributed by atoms with Crippen molar-refractivity contribution in [2.75, 3.05) is 46.5 Å². The lowest BCUT2D eigenvalue weighted by atomic mass is 10.0. The van der Waals surface area contributed by atoms with Crippen LogP contribution < -0.4 is 15.4 Å². The number of guanidine groups is 1. The lowest BCUT2D eigenvalue weighted by molar-refractivity contribution is 0.0179. The smallest absolute Gasteiger partial charge is 0.191 e. The standard InChI is InChI=1S/C19H30N4O2.HI/c1-3-20-19(22-16-6-7-16)21-14-18(23-10-12-25-13-11-23)15-4-8-17(24-2)9-5-15;/h4-5,8-9,16,18H,3,6-7,10-14H2,1-2H3,(H2,20,21,22);1H. The van der Waals surface area contributed by atoms with E-state index < -0.39 is 0 Å². The maximum absolute atomic E-state index is 5.53. The summed E-state index contributed by atoms with van der Waals surface area (Å²) in [5, 5.41) is 6.85. The molecule has 1 saturated heterocycles. The number of aliphatic imine (C=N–C) groups is 1. The molecule has 3 rings (SSSR count). The molecule has 146 valence electrons. The van der Waals surface area contributed by atoms with Gasteiger partial charge >= 0.3 is 0 Å². The van der Waals surface area contributed by atoms with Crippen LogP contribution in [0.25, 0.3) is 0 Å². The first-order valence-electron chi connectivity index (χ1n) is 9.30. The van der Waals surface area contributed by atoms with Gasteiger partial charge < -0.3 is 20.1 Å². The number of morpholine rings is 1. The zero-order valence-corrected chi connectivity index (χ0v) is 18.1. The highest BCUT2D eigenvalue weighted by molar-refractivity contribution is 14.0. The molecule has 0 spiro atoms. The van der Waals surface area contributed by atoms with Crippen LogP contribution in [0, 0.1) is 0 Å². The fraction of sp³-hybridized carbons (Fsp3) is 0.632. The van der Waals surface area contributed by atoms with Crippen molar-refractivity contribution in [3.05, 3.63) is 29.8 Å². The van der Waals surface area contributed by atoms with Gasteiger partial charge in [-0.05, 0) is 37.5 Å². The van der Waals surface area contributed by atoms with Crippen LogP contribution in [0.3, 0.4) is 0 Å². The molecule has 1 aliphatic heterocycles. The Kier molecular flexibility index (Phi) is 8.94. The van der Waals surface area contributed by atoms with Gasteiger partial charge in [0.25, 0.3) is 0 Å². The van der Waals surface area contributed by atoms with Gasteiger partial charge in [0.15, 0.2) is 5.96 Å². The van der Waals surface area contributed by atoms with E-state index >= 15 is 0 Å². The molecule has 1 aromatic carbocycles. The number of ether oxygens (including phenoxy) is 2. The summed E-state index contributed by atoms with van der Waals surface area (Å²) in [7, 11) is 1.70. The van der Waals surface area contributed by atoms with Gasteiger partial charge in [-0.25, -0.2) is 0 Å². The maximum atomic E-state index is 5.53. The minimum absolute atomic E-state index is 0. The second-order valence-electron chi connectivity index (χ2n) is 6.58. The zero-order valence-electron chi connectivity index (χ0n) is 15.7. The number of hydrogen-bond donors (Lipinski definition) is 2. The molecule has 0 aromatic heterocycles. The van der Waals surface area contributed by atoms with E-state index in [-0.39, 0.29) is 30.0 Å². The van der Waals surface area contributed by atoms with Crippen LogP contribution in [0.1, 0.15) is 31.4 Å². The van der Waals surface area contributed by atoms with Gasteiger partial charge in [0, 0.05) is 25.7 Å². The Hall–Kier alpha value is -1.06. The largest absolute Gasteiger partial charge is 0.497 e. The number of nitrogens with one attached hydrogen (secondary N) is 2. The third-order valence-electron chi connectivity index (χ3n) is 4.67. The molecule has 2 N–H and O–H groups in total. The second kappa shape index (κ2) is 10.9. The highest BCUT2D eigenvalue weighted by Crippen LogP contribution is 2.25. The molecule has 2 aliphatic rings. The number of methoxy groups -OCH3 is 1. The molecule has 1 saturated carbocycles. The Bertz CT molecular complexity index is 557. The molecular formula is C19H31IN4O2. The molecule has 6 nitrogen and oxygen atoms in total. The summed E-state index contributed by atoms with van der Waals surface area (Å²) in [5.74, 6) is 1.81. The van der Waals surface area contributed by atoms with Gasteiger partial charge in [0.1, 0.15) is 5.75 Å². The summed E-state index contributed by atoms with van der Waals surface area (Å²) in [4.78, 5) is 7.34. The topological polar surface area (TPSA) is 58.1 Å². The van der Waals surface area contributed by atoms with Crippen molar-refractivity contribution < 1.29 is 9.47 Å². The van der Waals surface area contributed by atoms with Gasteiger partial charge in [-0.2, -0.15) is 0 Å². The summed E-state index contributed by atoms with van der Waals surface area (Å²) in [6.07, 6.45) is 2.49. The van der Waals surface area contributed by atoms with E-state index in [0.717, 1.165) is 51.1 Å². The van der Waals surface area contributed by atoms with Crippen LogP contribution in [0.5, 0.6) is 5.75 Å². The van der Waals surface area contributed by atoms with Gasteiger partial charge in [0.05, 0.1) is 32.9 Å². The minimum atomic E-state index is 0. The second-order valence-corrected chi connectivity index (χ2v) is 6.58. The first-order chi connectivity index (χ1) is 12.3. The number of nitrogens with zero attached hydrogens (tertiary/aromatic N) is 2. The normalized spacial score (nSPS) is 19.4. The lowest BCUT2D eigenvalue weighted by Crippen LogP contribution is -2.42. The Morgan fingerprint density at radius 1 is 1.27 bits per heavy atom. The van der Waals surface area contributed by atoms with E-state index in [1.165, 1.54) is 18.4 Å². The molecule has 1 aromatic rings. The number of benzene rings is 1. The van der Waals surface area contributed by atoms with Crippen molar-refractivity contribution in [1.82, 2.24) is 15.5 Å². The number of rotatable bonds is 7. The van der Waals surface area contributed by atoms with E-state index in [0.29, 0.717) is 6.04 Å². The summed E-state index contributed by atoms with van der Waals surface area (Å²) in [6, 6.07) is 9.20. The molecule has 1 aliphatic carbocycles. The van der Waals surface area contributed by atoms with E-state index in [2.05, 4.69) is 34.6 Å². The van der Waals surface area contributed by atoms with Crippen molar-refractivity contribution in [2.45, 2.75) is 31.8 Å². The van der Waals surface area contributed by atoms with Crippen LogP contribution in [0.4, 0.5) is 0 Å². The molecule has 26 heavy (non-hydrogen) atoms. The minimum Gasteiger partial charge on any atom is -0.497 e. The van der Waals surface area contributed by atoms with Crippen molar-refractivity contribution in [2.24, 2.45) is 4.99 Å². The molecule has 1 heterocycles. The van der Waals surface area contributed by atoms with Gasteiger partial charge in [0.2, 0.25) is 0 Å². The third-order valence-corrected chi connectivity index (χ3v) is 4.67. The maximum Gasteiger partial charge on any atom is 0.191 e. The van der Waals surface area contributed by atoms with Gasteiger partial charge in [-0.3, -0.25) is 9.89 Å². The Labute approximate surface area is 173 Å². The fourth-order valence-corrected chi connectivity index (χ4v) is 3.07. The van der Waals surface area contributed by atoms with Crippen LogP contribution >= 0.6 is 24.0 Å². The van der Waals surface area contributed by atoms with Gasteiger partial charge in [-0.1, -0.05) is 12.1 Å². The van der Waals surface area contributed by atoms with Gasteiger partial charge in [-0.15, -0.1) is 24.0 Å². The summed E-state index contributed by atoms with van der Waals surface area (Å²) in [6.45, 7) is 7.18. The SMILES string of the molecule is CCNC(=NCC(c1ccc(OC)cc1)N1CCOCC1)NC1CC1.I. The monoisotopic (exact) mass is 474 g/mol. The van der Waals surface area contributed by atoms with Crippen LogP contribution in [-0.2, 0) is 4.74 Å². The third kappa shape index (κ3) is 6.28. The molecule has 1 unspecified atom stereocenters. The van der Waals surface area contributed by atoms with Crippen molar-refractivity contribution in [1.29, 1.82) is 0 Å². The van der Waals surface area contributed by atoms with Crippen molar-refractivity contribution in [3.8, 4) is 5.75 Å². The van der Waals surface area contributed by atoms with Crippen LogP contribution in [0.15, 0.2) is 29.3 Å². The average molecular weight is 474 g/mol. The Morgan fingerprint density at radius 3 is 2.54 bits per heavy atom. The summed E-state index contributed by atoms with van der Waals surface area (Å²) < 4.78 is 10.8. The van der Waals surface area contributed by atoms with Crippen molar-refractivity contribution in [3.63, 3.8) is 0 Å². The van der Waals surface area contributed by atoms with Crippen molar-refractivity contribution >= 4 is 29.9 Å². The number of halogens is 1. The van der Waals surface area contributed by atoms with E-state index in [4.69, 9.17) is 14.5 Å². The molecule has 7 heteroatoms. The van der Waals surface area contributed by atoms with Crippen LogP contribution in [0.2, 0.25) is 0 Å². The predicted octanol–water partition coefficient (Wildman–Crippen LogP) is 2.40. The lowest BCUT2D eigenvalue weighted by Gasteiger charge is -2.34. The summed E-state index contributed by atoms with van der Waals surface area (Å²) in [5.41, 5.74) is 1.27. The molecule has 2 fully saturated rings. The molecule has 1 atom stereocenters. The van der Waals surface area contributed by atoms with Crippen LogP contribution in [-0.4, -0.2) is 63.4 Å². The van der Waals surface area contributed by atoms with E-state index in [9.17, 15) is 0 Å². The van der Waals surface area contributed by atoms with E-state index in [1.807, 2.05) is 12.1 Å². The molecule has 0 amide bonds. The molecule has 0 radical (unpaired) electrons. The Balaban J connectivity index is 0.00000243.